The lowest BCUT2D eigenvalue weighted by atomic mass is 9.83. The molecule has 0 N–H and O–H groups in total. The second kappa shape index (κ2) is 12.9. The number of anilines is 3. The number of hydrogen-bond acceptors (Lipinski definition) is 1. The van der Waals surface area contributed by atoms with E-state index in [-0.39, 0.29) is 5.92 Å². The summed E-state index contributed by atoms with van der Waals surface area (Å²) in [7, 11) is 0. The zero-order valence-electron chi connectivity index (χ0n) is 32.8. The standard InChI is InChI=1S/C58H38N2/c1-3-19-41-37(15-1)17-13-29-53(41)59(40-32-34-56-51(35-40)47-24-11-12-28-55(47)60(56)54-30-14-18-38-16-2-4-20-42(38)54)39-31-33-46-45-23-7-10-27-50(45)58(52(46)36-39)57-48-25-8-5-21-43(48)44-22-6-9-26-49(44)57/h1-36,43,48H/b58-57-. The van der Waals surface area contributed by atoms with Gasteiger partial charge >= 0.3 is 0 Å². The molecule has 10 aromatic rings. The van der Waals surface area contributed by atoms with Crippen molar-refractivity contribution in [3.8, 4) is 16.8 Å². The van der Waals surface area contributed by atoms with Crippen molar-refractivity contribution in [1.29, 1.82) is 0 Å². The van der Waals surface area contributed by atoms with Gasteiger partial charge in [-0.3, -0.25) is 0 Å². The number of benzene rings is 9. The zero-order valence-corrected chi connectivity index (χ0v) is 32.8. The van der Waals surface area contributed by atoms with Gasteiger partial charge in [-0.25, -0.2) is 0 Å². The first kappa shape index (κ1) is 33.3. The Balaban J connectivity index is 1.07. The van der Waals surface area contributed by atoms with E-state index in [1.54, 1.807) is 0 Å². The van der Waals surface area contributed by atoms with E-state index >= 15 is 0 Å². The van der Waals surface area contributed by atoms with Crippen LogP contribution in [0.25, 0.3) is 71.3 Å². The number of fused-ring (bicyclic) bond motifs is 11. The number of allylic oxidation sites excluding steroid dienone is 5. The predicted octanol–water partition coefficient (Wildman–Crippen LogP) is 15.3. The van der Waals surface area contributed by atoms with Gasteiger partial charge in [0, 0.05) is 44.8 Å². The molecule has 1 heterocycles. The molecule has 0 radical (unpaired) electrons. The maximum atomic E-state index is 2.49. The molecule has 2 unspecified atom stereocenters. The highest BCUT2D eigenvalue weighted by molar-refractivity contribution is 6.15. The highest BCUT2D eigenvalue weighted by atomic mass is 15.1. The molecule has 9 aromatic carbocycles. The van der Waals surface area contributed by atoms with Crippen LogP contribution in [0.15, 0.2) is 218 Å². The Morgan fingerprint density at radius 3 is 1.85 bits per heavy atom. The van der Waals surface area contributed by atoms with E-state index in [2.05, 4.69) is 228 Å². The molecule has 2 heteroatoms. The smallest absolute Gasteiger partial charge is 0.0542 e. The van der Waals surface area contributed by atoms with Crippen LogP contribution in [0.1, 0.15) is 28.2 Å². The zero-order chi connectivity index (χ0) is 39.3. The van der Waals surface area contributed by atoms with Crippen molar-refractivity contribution in [3.05, 3.63) is 241 Å². The van der Waals surface area contributed by atoms with Gasteiger partial charge in [-0.15, -0.1) is 0 Å². The van der Waals surface area contributed by atoms with Crippen molar-refractivity contribution < 1.29 is 0 Å². The van der Waals surface area contributed by atoms with Gasteiger partial charge in [0.25, 0.3) is 0 Å². The van der Waals surface area contributed by atoms with E-state index in [1.807, 2.05) is 0 Å². The molecule has 0 fully saturated rings. The third-order valence-electron chi connectivity index (χ3n) is 13.3. The van der Waals surface area contributed by atoms with Crippen LogP contribution < -0.4 is 4.90 Å². The minimum atomic E-state index is 0.278. The summed E-state index contributed by atoms with van der Waals surface area (Å²) in [5.41, 5.74) is 17.8. The molecule has 60 heavy (non-hydrogen) atoms. The Morgan fingerprint density at radius 1 is 0.383 bits per heavy atom. The highest BCUT2D eigenvalue weighted by Gasteiger charge is 2.39. The Morgan fingerprint density at radius 2 is 0.983 bits per heavy atom. The molecule has 1 aromatic heterocycles. The molecule has 0 aliphatic heterocycles. The minimum absolute atomic E-state index is 0.278. The summed E-state index contributed by atoms with van der Waals surface area (Å²) in [6, 6.07) is 72.0. The van der Waals surface area contributed by atoms with Crippen molar-refractivity contribution in [2.75, 3.05) is 4.90 Å². The van der Waals surface area contributed by atoms with Gasteiger partial charge in [-0.05, 0) is 104 Å². The quantitative estimate of drug-likeness (QED) is 0.173. The first-order valence-electron chi connectivity index (χ1n) is 21.0. The van der Waals surface area contributed by atoms with E-state index in [4.69, 9.17) is 0 Å². The molecule has 0 saturated heterocycles. The Labute approximate surface area is 348 Å². The fraction of sp³-hybridized carbons (Fsp3) is 0.0345. The van der Waals surface area contributed by atoms with E-state index in [9.17, 15) is 0 Å². The Kier molecular flexibility index (Phi) is 7.17. The lowest BCUT2D eigenvalue weighted by Gasteiger charge is -2.28. The third-order valence-corrected chi connectivity index (χ3v) is 13.3. The summed E-state index contributed by atoms with van der Waals surface area (Å²) in [5.74, 6) is 0.615. The predicted molar refractivity (Wildman–Crippen MR) is 253 cm³/mol. The fourth-order valence-corrected chi connectivity index (χ4v) is 10.8. The normalized spacial score (nSPS) is 17.3. The first-order valence-corrected chi connectivity index (χ1v) is 21.0. The molecular formula is C58H38N2. The summed E-state index contributed by atoms with van der Waals surface area (Å²) in [4.78, 5) is 2.49. The summed E-state index contributed by atoms with van der Waals surface area (Å²) < 4.78 is 2.45. The summed E-state index contributed by atoms with van der Waals surface area (Å²) in [6.07, 6.45) is 9.27. The maximum absolute atomic E-state index is 2.49. The van der Waals surface area contributed by atoms with Crippen LogP contribution in [0.2, 0.25) is 0 Å². The molecule has 13 rings (SSSR count). The monoisotopic (exact) mass is 762 g/mol. The van der Waals surface area contributed by atoms with Gasteiger partial charge in [-0.2, -0.15) is 0 Å². The van der Waals surface area contributed by atoms with E-state index in [0.717, 1.165) is 17.1 Å². The minimum Gasteiger partial charge on any atom is -0.310 e. The van der Waals surface area contributed by atoms with Crippen molar-refractivity contribution in [2.24, 2.45) is 5.92 Å². The van der Waals surface area contributed by atoms with Crippen molar-refractivity contribution in [2.45, 2.75) is 5.92 Å². The lowest BCUT2D eigenvalue weighted by molar-refractivity contribution is 0.753. The van der Waals surface area contributed by atoms with Crippen LogP contribution in [-0.2, 0) is 0 Å². The summed E-state index contributed by atoms with van der Waals surface area (Å²) >= 11 is 0. The molecule has 0 bridgehead atoms. The SMILES string of the molecule is C1=CC2/C(=C3\c4ccccc4-c4ccc(N(c5ccc6c(c5)c5ccccc5n6-c5cccc6ccccc56)c5cccc6ccccc56)cc43)c3ccccc3C2C=C1. The molecule has 2 atom stereocenters. The Bertz CT molecular complexity index is 3510. The van der Waals surface area contributed by atoms with Gasteiger partial charge in [0.05, 0.1) is 22.4 Å². The molecule has 0 amide bonds. The second-order valence-corrected chi connectivity index (χ2v) is 16.4. The second-order valence-electron chi connectivity index (χ2n) is 16.4. The van der Waals surface area contributed by atoms with Gasteiger partial charge in [0.15, 0.2) is 0 Å². The number of para-hydroxylation sites is 1. The largest absolute Gasteiger partial charge is 0.310 e. The average Bonchev–Trinajstić information content (AvgIpc) is 3.94. The van der Waals surface area contributed by atoms with Gasteiger partial charge < -0.3 is 9.47 Å². The summed E-state index contributed by atoms with van der Waals surface area (Å²) in [5, 5.41) is 7.37. The molecule has 280 valence electrons. The van der Waals surface area contributed by atoms with Gasteiger partial charge in [0.2, 0.25) is 0 Å². The molecule has 3 aliphatic rings. The van der Waals surface area contributed by atoms with Crippen LogP contribution in [0.5, 0.6) is 0 Å². The van der Waals surface area contributed by atoms with Crippen molar-refractivity contribution in [1.82, 2.24) is 4.57 Å². The van der Waals surface area contributed by atoms with E-state index < -0.39 is 0 Å². The van der Waals surface area contributed by atoms with Crippen molar-refractivity contribution >= 4 is 71.6 Å². The van der Waals surface area contributed by atoms with E-state index in [0.29, 0.717) is 5.92 Å². The first-order chi connectivity index (χ1) is 29.8. The molecule has 0 saturated carbocycles. The maximum Gasteiger partial charge on any atom is 0.0542 e. The molecule has 2 nitrogen and oxygen atoms in total. The summed E-state index contributed by atoms with van der Waals surface area (Å²) in [6.45, 7) is 0. The topological polar surface area (TPSA) is 8.17 Å². The average molecular weight is 763 g/mol. The van der Waals surface area contributed by atoms with Crippen LogP contribution in [0, 0.1) is 5.92 Å². The lowest BCUT2D eigenvalue weighted by Crippen LogP contribution is -2.11. The fourth-order valence-electron chi connectivity index (χ4n) is 10.8. The molecule has 3 aliphatic carbocycles. The van der Waals surface area contributed by atoms with E-state index in [1.165, 1.54) is 93.6 Å². The van der Waals surface area contributed by atoms with Crippen LogP contribution in [0.4, 0.5) is 17.1 Å². The van der Waals surface area contributed by atoms with Crippen molar-refractivity contribution in [3.63, 3.8) is 0 Å². The number of hydrogen-bond donors (Lipinski definition) is 0. The van der Waals surface area contributed by atoms with Crippen LogP contribution >= 0.6 is 0 Å². The third kappa shape index (κ3) is 4.76. The van der Waals surface area contributed by atoms with Crippen LogP contribution in [0.3, 0.4) is 0 Å². The number of rotatable bonds is 4. The van der Waals surface area contributed by atoms with Crippen LogP contribution in [-0.4, -0.2) is 4.57 Å². The van der Waals surface area contributed by atoms with Gasteiger partial charge in [-0.1, -0.05) is 170 Å². The molecular weight excluding hydrogens is 725 g/mol. The van der Waals surface area contributed by atoms with Gasteiger partial charge in [0.1, 0.15) is 0 Å². The highest BCUT2D eigenvalue weighted by Crippen LogP contribution is 2.57. The Hall–Kier alpha value is -7.68. The molecule has 0 spiro atoms. The number of nitrogens with zero attached hydrogens (tertiary/aromatic N) is 2. The number of aromatic nitrogens is 1.